The standard InChI is InChI=1S/C26H24FN3O3/c1-18(31)23-5-2-3-6-24(23)28-25(32)20-9-13-22(14-10-20)30-16-4-15-29(26(30)33)17-19-7-11-21(27)12-8-19/h2-3,5-14H,4,15-17H2,1H3,(H,28,32). The maximum atomic E-state index is 13.2. The molecule has 0 saturated carbocycles. The van der Waals surface area contributed by atoms with Gasteiger partial charge in [-0.2, -0.15) is 0 Å². The first kappa shape index (κ1) is 22.2. The Hall–Kier alpha value is -4.00. The van der Waals surface area contributed by atoms with Gasteiger partial charge >= 0.3 is 6.03 Å². The number of ketones is 1. The molecule has 1 heterocycles. The van der Waals surface area contributed by atoms with Crippen molar-refractivity contribution in [2.75, 3.05) is 23.3 Å². The van der Waals surface area contributed by atoms with E-state index in [-0.39, 0.29) is 23.5 Å². The van der Waals surface area contributed by atoms with Crippen LogP contribution in [0.15, 0.2) is 72.8 Å². The summed E-state index contributed by atoms with van der Waals surface area (Å²) in [5, 5.41) is 2.78. The molecule has 7 heteroatoms. The topological polar surface area (TPSA) is 69.7 Å². The van der Waals surface area contributed by atoms with Crippen LogP contribution in [0.2, 0.25) is 0 Å². The van der Waals surface area contributed by atoms with Gasteiger partial charge in [0.25, 0.3) is 5.91 Å². The lowest BCUT2D eigenvalue weighted by molar-refractivity contribution is 0.101. The summed E-state index contributed by atoms with van der Waals surface area (Å²) in [6, 6.07) is 19.7. The van der Waals surface area contributed by atoms with Crippen LogP contribution in [-0.2, 0) is 6.54 Å². The lowest BCUT2D eigenvalue weighted by atomic mass is 10.1. The maximum Gasteiger partial charge on any atom is 0.324 e. The highest BCUT2D eigenvalue weighted by Gasteiger charge is 2.27. The minimum absolute atomic E-state index is 0.127. The molecular weight excluding hydrogens is 421 g/mol. The number of Topliss-reactive ketones (excluding diaryl/α,β-unsaturated/α-hetero) is 1. The van der Waals surface area contributed by atoms with E-state index in [1.807, 2.05) is 0 Å². The van der Waals surface area contributed by atoms with E-state index in [1.165, 1.54) is 19.1 Å². The van der Waals surface area contributed by atoms with Gasteiger partial charge in [0.2, 0.25) is 0 Å². The minimum Gasteiger partial charge on any atom is -0.321 e. The largest absolute Gasteiger partial charge is 0.324 e. The SMILES string of the molecule is CC(=O)c1ccccc1NC(=O)c1ccc(N2CCCN(Cc3ccc(F)cc3)C2=O)cc1. The van der Waals surface area contributed by atoms with E-state index in [0.29, 0.717) is 42.1 Å². The first-order valence-corrected chi connectivity index (χ1v) is 10.7. The van der Waals surface area contributed by atoms with Crippen molar-refractivity contribution in [3.8, 4) is 0 Å². The Morgan fingerprint density at radius 3 is 2.33 bits per heavy atom. The summed E-state index contributed by atoms with van der Waals surface area (Å²) < 4.78 is 13.2. The molecule has 1 aliphatic rings. The monoisotopic (exact) mass is 445 g/mol. The van der Waals surface area contributed by atoms with E-state index in [4.69, 9.17) is 0 Å². The number of hydrogen-bond acceptors (Lipinski definition) is 3. The number of para-hydroxylation sites is 1. The van der Waals surface area contributed by atoms with Crippen LogP contribution in [0.25, 0.3) is 0 Å². The second-order valence-corrected chi connectivity index (χ2v) is 7.94. The molecule has 3 aromatic rings. The number of anilines is 2. The first-order valence-electron chi connectivity index (χ1n) is 10.7. The Kier molecular flexibility index (Phi) is 6.49. The van der Waals surface area contributed by atoms with E-state index < -0.39 is 0 Å². The van der Waals surface area contributed by atoms with Gasteiger partial charge in [0.15, 0.2) is 5.78 Å². The quantitative estimate of drug-likeness (QED) is 0.536. The van der Waals surface area contributed by atoms with E-state index in [9.17, 15) is 18.8 Å². The third-order valence-electron chi connectivity index (χ3n) is 5.59. The van der Waals surface area contributed by atoms with Crippen LogP contribution in [0.5, 0.6) is 0 Å². The Balaban J connectivity index is 1.45. The summed E-state index contributed by atoms with van der Waals surface area (Å²) in [6.07, 6.45) is 0.803. The third-order valence-corrected chi connectivity index (χ3v) is 5.59. The zero-order valence-electron chi connectivity index (χ0n) is 18.3. The van der Waals surface area contributed by atoms with Crippen LogP contribution < -0.4 is 10.2 Å². The van der Waals surface area contributed by atoms with Gasteiger partial charge < -0.3 is 10.2 Å². The predicted molar refractivity (Wildman–Crippen MR) is 125 cm³/mol. The molecule has 0 aromatic heterocycles. The molecule has 33 heavy (non-hydrogen) atoms. The van der Waals surface area contributed by atoms with Crippen molar-refractivity contribution in [2.24, 2.45) is 0 Å². The smallest absolute Gasteiger partial charge is 0.321 e. The molecule has 4 rings (SSSR count). The van der Waals surface area contributed by atoms with Gasteiger partial charge in [0, 0.05) is 36.4 Å². The van der Waals surface area contributed by atoms with Crippen LogP contribution in [0.1, 0.15) is 39.6 Å². The second-order valence-electron chi connectivity index (χ2n) is 7.94. The number of carbonyl (C=O) groups is 3. The molecular formula is C26H24FN3O3. The number of urea groups is 1. The summed E-state index contributed by atoms with van der Waals surface area (Å²) >= 11 is 0. The number of hydrogen-bond donors (Lipinski definition) is 1. The summed E-state index contributed by atoms with van der Waals surface area (Å²) in [5.41, 5.74) is 2.89. The van der Waals surface area contributed by atoms with Gasteiger partial charge in [0.1, 0.15) is 5.82 Å². The third kappa shape index (κ3) is 5.09. The molecule has 168 valence electrons. The highest BCUT2D eigenvalue weighted by molar-refractivity contribution is 6.09. The number of benzene rings is 3. The number of rotatable bonds is 6. The molecule has 6 nitrogen and oxygen atoms in total. The van der Waals surface area contributed by atoms with Gasteiger partial charge in [-0.3, -0.25) is 14.5 Å². The molecule has 1 saturated heterocycles. The Morgan fingerprint density at radius 1 is 0.939 bits per heavy atom. The highest BCUT2D eigenvalue weighted by Crippen LogP contribution is 2.23. The van der Waals surface area contributed by atoms with Crippen molar-refractivity contribution in [2.45, 2.75) is 19.9 Å². The first-order chi connectivity index (χ1) is 15.9. The lowest BCUT2D eigenvalue weighted by Gasteiger charge is -2.35. The molecule has 0 radical (unpaired) electrons. The Labute approximate surface area is 191 Å². The molecule has 1 N–H and O–H groups in total. The van der Waals surface area contributed by atoms with E-state index in [0.717, 1.165) is 12.0 Å². The van der Waals surface area contributed by atoms with Crippen LogP contribution in [0.4, 0.5) is 20.6 Å². The molecule has 0 unspecified atom stereocenters. The fourth-order valence-corrected chi connectivity index (χ4v) is 3.86. The number of nitrogens with zero attached hydrogens (tertiary/aromatic N) is 2. The number of carbonyl (C=O) groups excluding carboxylic acids is 3. The zero-order valence-corrected chi connectivity index (χ0v) is 18.3. The van der Waals surface area contributed by atoms with Crippen LogP contribution in [-0.4, -0.2) is 35.7 Å². The van der Waals surface area contributed by atoms with Crippen molar-refractivity contribution in [3.05, 3.63) is 95.3 Å². The average Bonchev–Trinajstić information content (AvgIpc) is 2.82. The summed E-state index contributed by atoms with van der Waals surface area (Å²) in [5.74, 6) is -0.771. The molecule has 0 bridgehead atoms. The maximum absolute atomic E-state index is 13.2. The van der Waals surface area contributed by atoms with Crippen molar-refractivity contribution in [1.82, 2.24) is 4.90 Å². The summed E-state index contributed by atoms with van der Waals surface area (Å²) in [7, 11) is 0. The van der Waals surface area contributed by atoms with Gasteiger partial charge in [-0.15, -0.1) is 0 Å². The fourth-order valence-electron chi connectivity index (χ4n) is 3.86. The summed E-state index contributed by atoms with van der Waals surface area (Å²) in [4.78, 5) is 40.9. The van der Waals surface area contributed by atoms with Crippen LogP contribution >= 0.6 is 0 Å². The van der Waals surface area contributed by atoms with Crippen LogP contribution in [0, 0.1) is 5.82 Å². The van der Waals surface area contributed by atoms with Crippen molar-refractivity contribution >= 4 is 29.1 Å². The fraction of sp³-hybridized carbons (Fsp3) is 0.192. The van der Waals surface area contributed by atoms with E-state index >= 15 is 0 Å². The average molecular weight is 445 g/mol. The second kappa shape index (κ2) is 9.65. The van der Waals surface area contributed by atoms with Gasteiger partial charge in [-0.25, -0.2) is 9.18 Å². The lowest BCUT2D eigenvalue weighted by Crippen LogP contribution is -2.49. The molecule has 3 amide bonds. The zero-order chi connectivity index (χ0) is 23.4. The van der Waals surface area contributed by atoms with Gasteiger partial charge in [0.05, 0.1) is 5.69 Å². The predicted octanol–water partition coefficient (Wildman–Crippen LogP) is 5.11. The Bertz CT molecular complexity index is 1180. The normalized spacial score (nSPS) is 13.7. The van der Waals surface area contributed by atoms with E-state index in [1.54, 1.807) is 70.5 Å². The van der Waals surface area contributed by atoms with Crippen molar-refractivity contribution in [3.63, 3.8) is 0 Å². The Morgan fingerprint density at radius 2 is 1.64 bits per heavy atom. The molecule has 0 aliphatic carbocycles. The van der Waals surface area contributed by atoms with Crippen molar-refractivity contribution < 1.29 is 18.8 Å². The number of nitrogens with one attached hydrogen (secondary N) is 1. The molecule has 1 aliphatic heterocycles. The highest BCUT2D eigenvalue weighted by atomic mass is 19.1. The minimum atomic E-state index is -0.335. The van der Waals surface area contributed by atoms with Gasteiger partial charge in [-0.05, 0) is 67.4 Å². The molecule has 1 fully saturated rings. The number of halogens is 1. The molecule has 3 aromatic carbocycles. The molecule has 0 atom stereocenters. The van der Waals surface area contributed by atoms with Crippen molar-refractivity contribution in [1.29, 1.82) is 0 Å². The van der Waals surface area contributed by atoms with E-state index in [2.05, 4.69) is 5.32 Å². The number of amides is 3. The van der Waals surface area contributed by atoms with Gasteiger partial charge in [-0.1, -0.05) is 24.3 Å². The van der Waals surface area contributed by atoms with Crippen LogP contribution in [0.3, 0.4) is 0 Å². The summed E-state index contributed by atoms with van der Waals surface area (Å²) in [6.45, 7) is 3.07. The molecule has 0 spiro atoms.